The van der Waals surface area contributed by atoms with E-state index < -0.39 is 0 Å². The van der Waals surface area contributed by atoms with Crippen LogP contribution < -0.4 is 0 Å². The van der Waals surface area contributed by atoms with Crippen LogP contribution in [-0.4, -0.2) is 0 Å². The molecule has 0 radical (unpaired) electrons. The summed E-state index contributed by atoms with van der Waals surface area (Å²) in [6.45, 7) is 0. The SMILES string of the molecule is BrC(Cc1ccccc1)c1ccc2ccccc2c1. The quantitative estimate of drug-likeness (QED) is 0.559. The van der Waals surface area contributed by atoms with E-state index in [4.69, 9.17) is 0 Å². The molecule has 0 amide bonds. The Hall–Kier alpha value is -1.60. The first-order valence-electron chi connectivity index (χ1n) is 6.49. The van der Waals surface area contributed by atoms with Crippen LogP contribution in [0.15, 0.2) is 72.8 Å². The van der Waals surface area contributed by atoms with Gasteiger partial charge in [0.1, 0.15) is 0 Å². The van der Waals surface area contributed by atoms with E-state index in [-0.39, 0.29) is 0 Å². The molecule has 0 aromatic heterocycles. The third-order valence-corrected chi connectivity index (χ3v) is 4.25. The molecule has 0 spiro atoms. The molecular formula is C18H15Br. The van der Waals surface area contributed by atoms with Crippen molar-refractivity contribution >= 4 is 26.7 Å². The number of benzene rings is 3. The highest BCUT2D eigenvalue weighted by molar-refractivity contribution is 9.09. The number of hydrogen-bond donors (Lipinski definition) is 0. The first-order chi connectivity index (χ1) is 9.33. The Kier molecular flexibility index (Phi) is 3.65. The maximum Gasteiger partial charge on any atom is 0.0435 e. The van der Waals surface area contributed by atoms with Crippen molar-refractivity contribution in [3.63, 3.8) is 0 Å². The van der Waals surface area contributed by atoms with E-state index in [2.05, 4.69) is 88.7 Å². The fourth-order valence-electron chi connectivity index (χ4n) is 2.34. The Morgan fingerprint density at radius 3 is 2.21 bits per heavy atom. The Balaban J connectivity index is 1.87. The van der Waals surface area contributed by atoms with Crippen molar-refractivity contribution < 1.29 is 0 Å². The van der Waals surface area contributed by atoms with Gasteiger partial charge in [-0.05, 0) is 28.3 Å². The average molecular weight is 311 g/mol. The van der Waals surface area contributed by atoms with Gasteiger partial charge in [-0.25, -0.2) is 0 Å². The highest BCUT2D eigenvalue weighted by Gasteiger charge is 2.08. The van der Waals surface area contributed by atoms with Gasteiger partial charge in [0.25, 0.3) is 0 Å². The van der Waals surface area contributed by atoms with Crippen LogP contribution in [0.4, 0.5) is 0 Å². The molecule has 0 fully saturated rings. The Labute approximate surface area is 122 Å². The van der Waals surface area contributed by atoms with E-state index in [0.717, 1.165) is 6.42 Å². The van der Waals surface area contributed by atoms with Gasteiger partial charge in [0.15, 0.2) is 0 Å². The summed E-state index contributed by atoms with van der Waals surface area (Å²) >= 11 is 3.81. The van der Waals surface area contributed by atoms with Gasteiger partial charge < -0.3 is 0 Å². The van der Waals surface area contributed by atoms with Crippen LogP contribution in [0, 0.1) is 0 Å². The molecule has 94 valence electrons. The summed E-state index contributed by atoms with van der Waals surface area (Å²) in [7, 11) is 0. The van der Waals surface area contributed by atoms with Crippen LogP contribution in [0.2, 0.25) is 0 Å². The molecule has 0 saturated carbocycles. The lowest BCUT2D eigenvalue weighted by Gasteiger charge is -2.11. The van der Waals surface area contributed by atoms with Crippen molar-refractivity contribution in [3.05, 3.63) is 83.9 Å². The zero-order valence-electron chi connectivity index (χ0n) is 10.6. The molecule has 1 heteroatoms. The first-order valence-corrected chi connectivity index (χ1v) is 7.41. The average Bonchev–Trinajstić information content (AvgIpc) is 2.48. The molecule has 0 N–H and O–H groups in total. The minimum atomic E-state index is 0.361. The van der Waals surface area contributed by atoms with E-state index in [1.165, 1.54) is 21.9 Å². The predicted octanol–water partition coefficient (Wildman–Crippen LogP) is 5.52. The van der Waals surface area contributed by atoms with Crippen LogP contribution in [0.5, 0.6) is 0 Å². The van der Waals surface area contributed by atoms with Crippen LogP contribution in [0.3, 0.4) is 0 Å². The molecule has 3 aromatic rings. The second-order valence-corrected chi connectivity index (χ2v) is 5.87. The Morgan fingerprint density at radius 2 is 1.42 bits per heavy atom. The summed E-state index contributed by atoms with van der Waals surface area (Å²) in [6, 6.07) is 25.8. The standard InChI is InChI=1S/C18H15Br/c19-18(12-14-6-2-1-3-7-14)17-11-10-15-8-4-5-9-16(15)13-17/h1-11,13,18H,12H2. The van der Waals surface area contributed by atoms with Crippen LogP contribution in [0.1, 0.15) is 16.0 Å². The third-order valence-electron chi connectivity index (χ3n) is 3.39. The van der Waals surface area contributed by atoms with Gasteiger partial charge in [-0.1, -0.05) is 88.7 Å². The summed E-state index contributed by atoms with van der Waals surface area (Å²) in [4.78, 5) is 0.361. The number of alkyl halides is 1. The third kappa shape index (κ3) is 2.87. The van der Waals surface area contributed by atoms with Crippen LogP contribution >= 0.6 is 15.9 Å². The lowest BCUT2D eigenvalue weighted by Crippen LogP contribution is -1.95. The summed E-state index contributed by atoms with van der Waals surface area (Å²) in [5.74, 6) is 0. The molecule has 0 heterocycles. The molecule has 3 rings (SSSR count). The molecule has 0 bridgehead atoms. The zero-order chi connectivity index (χ0) is 13.1. The van der Waals surface area contributed by atoms with Gasteiger partial charge in [-0.3, -0.25) is 0 Å². The highest BCUT2D eigenvalue weighted by atomic mass is 79.9. The second-order valence-electron chi connectivity index (χ2n) is 4.76. The minimum absolute atomic E-state index is 0.361. The van der Waals surface area contributed by atoms with Crippen molar-refractivity contribution in [2.24, 2.45) is 0 Å². The maximum absolute atomic E-state index is 3.81. The number of hydrogen-bond acceptors (Lipinski definition) is 0. The maximum atomic E-state index is 3.81. The van der Waals surface area contributed by atoms with E-state index in [1.807, 2.05) is 0 Å². The molecule has 1 atom stereocenters. The van der Waals surface area contributed by atoms with Gasteiger partial charge in [-0.2, -0.15) is 0 Å². The van der Waals surface area contributed by atoms with Gasteiger partial charge in [0.05, 0.1) is 0 Å². The van der Waals surface area contributed by atoms with Crippen molar-refractivity contribution in [2.45, 2.75) is 11.2 Å². The van der Waals surface area contributed by atoms with E-state index in [0.29, 0.717) is 4.83 Å². The van der Waals surface area contributed by atoms with Crippen molar-refractivity contribution in [1.29, 1.82) is 0 Å². The molecule has 3 aromatic carbocycles. The van der Waals surface area contributed by atoms with Crippen LogP contribution in [0.25, 0.3) is 10.8 Å². The van der Waals surface area contributed by atoms with Gasteiger partial charge in [0.2, 0.25) is 0 Å². The fraction of sp³-hybridized carbons (Fsp3) is 0.111. The molecule has 1 unspecified atom stereocenters. The number of fused-ring (bicyclic) bond motifs is 1. The van der Waals surface area contributed by atoms with E-state index in [1.54, 1.807) is 0 Å². The van der Waals surface area contributed by atoms with Gasteiger partial charge in [0, 0.05) is 4.83 Å². The normalized spacial score (nSPS) is 12.5. The highest BCUT2D eigenvalue weighted by Crippen LogP contribution is 2.29. The molecule has 0 aliphatic rings. The van der Waals surface area contributed by atoms with Gasteiger partial charge in [-0.15, -0.1) is 0 Å². The molecule has 0 aliphatic heterocycles. The Bertz CT molecular complexity index is 673. The van der Waals surface area contributed by atoms with Gasteiger partial charge >= 0.3 is 0 Å². The largest absolute Gasteiger partial charge is 0.0835 e. The summed E-state index contributed by atoms with van der Waals surface area (Å²) < 4.78 is 0. The van der Waals surface area contributed by atoms with Crippen LogP contribution in [-0.2, 0) is 6.42 Å². The number of halogens is 1. The Morgan fingerprint density at radius 1 is 0.737 bits per heavy atom. The minimum Gasteiger partial charge on any atom is -0.0835 e. The zero-order valence-corrected chi connectivity index (χ0v) is 12.2. The van der Waals surface area contributed by atoms with Crippen molar-refractivity contribution in [3.8, 4) is 0 Å². The lowest BCUT2D eigenvalue weighted by atomic mass is 10.0. The first kappa shape index (κ1) is 12.4. The molecule has 0 nitrogen and oxygen atoms in total. The molecule has 19 heavy (non-hydrogen) atoms. The lowest BCUT2D eigenvalue weighted by molar-refractivity contribution is 0.951. The fourth-order valence-corrected chi connectivity index (χ4v) is 3.00. The summed E-state index contributed by atoms with van der Waals surface area (Å²) in [5, 5.41) is 2.60. The number of rotatable bonds is 3. The molecule has 0 saturated heterocycles. The predicted molar refractivity (Wildman–Crippen MR) is 85.8 cm³/mol. The molecular weight excluding hydrogens is 296 g/mol. The van der Waals surface area contributed by atoms with Crippen molar-refractivity contribution in [1.82, 2.24) is 0 Å². The van der Waals surface area contributed by atoms with E-state index in [9.17, 15) is 0 Å². The molecule has 0 aliphatic carbocycles. The van der Waals surface area contributed by atoms with Crippen molar-refractivity contribution in [2.75, 3.05) is 0 Å². The smallest absolute Gasteiger partial charge is 0.0435 e. The van der Waals surface area contributed by atoms with E-state index >= 15 is 0 Å². The topological polar surface area (TPSA) is 0 Å². The monoisotopic (exact) mass is 310 g/mol. The second kappa shape index (κ2) is 5.58. The summed E-state index contributed by atoms with van der Waals surface area (Å²) in [6.07, 6.45) is 1.01. The summed E-state index contributed by atoms with van der Waals surface area (Å²) in [5.41, 5.74) is 2.69.